The number of aliphatic hydroxyl groups is 1. The van der Waals surface area contributed by atoms with E-state index < -0.39 is 5.60 Å². The number of rotatable bonds is 2. The van der Waals surface area contributed by atoms with Crippen molar-refractivity contribution in [3.05, 3.63) is 46.7 Å². The molecule has 1 aliphatic heterocycles. The topological polar surface area (TPSA) is 49.5 Å². The van der Waals surface area contributed by atoms with E-state index in [2.05, 4.69) is 10.3 Å². The molecule has 19 heavy (non-hydrogen) atoms. The minimum Gasteiger partial charge on any atom is -0.396 e. The van der Waals surface area contributed by atoms with Gasteiger partial charge in [-0.15, -0.1) is 11.3 Å². The highest BCUT2D eigenvalue weighted by molar-refractivity contribution is 7.08. The van der Waals surface area contributed by atoms with E-state index >= 15 is 0 Å². The van der Waals surface area contributed by atoms with Gasteiger partial charge in [0.1, 0.15) is 0 Å². The molecule has 0 atom stereocenters. The number of thiophene rings is 1. The van der Waals surface area contributed by atoms with Crippen LogP contribution in [0.5, 0.6) is 0 Å². The van der Waals surface area contributed by atoms with Gasteiger partial charge in [-0.05, 0) is 18.4 Å². The molecule has 2 aromatic rings. The van der Waals surface area contributed by atoms with Gasteiger partial charge in [0.15, 0.2) is 0 Å². The molecule has 0 amide bonds. The Kier molecular flexibility index (Phi) is 3.21. The summed E-state index contributed by atoms with van der Waals surface area (Å²) in [6.07, 6.45) is 1.48. The number of hydrogen-bond donors (Lipinski definition) is 2. The Balaban J connectivity index is 1.75. The van der Waals surface area contributed by atoms with E-state index in [1.165, 1.54) is 0 Å². The van der Waals surface area contributed by atoms with Crippen molar-refractivity contribution in [2.45, 2.75) is 18.4 Å². The van der Waals surface area contributed by atoms with Crippen LogP contribution in [0.15, 0.2) is 41.1 Å². The minimum atomic E-state index is -0.692. The van der Waals surface area contributed by atoms with Crippen molar-refractivity contribution in [1.29, 1.82) is 0 Å². The molecular weight excluding hydrogens is 256 g/mol. The molecule has 0 saturated carbocycles. The van der Waals surface area contributed by atoms with Gasteiger partial charge in [-0.25, -0.2) is 0 Å². The van der Waals surface area contributed by atoms with Crippen molar-refractivity contribution in [3.8, 4) is 0 Å². The minimum absolute atomic E-state index is 0.692. The first-order valence-corrected chi connectivity index (χ1v) is 7.48. The fraction of sp³-hybridized carbons (Fsp3) is 0.333. The van der Waals surface area contributed by atoms with Crippen LogP contribution in [0.2, 0.25) is 0 Å². The lowest BCUT2D eigenvalue weighted by molar-refractivity contribution is 0.0118. The summed E-state index contributed by atoms with van der Waals surface area (Å²) in [6.45, 7) is 1.68. The zero-order valence-corrected chi connectivity index (χ0v) is 11.6. The Morgan fingerprint density at radius 2 is 1.79 bits per heavy atom. The molecule has 1 aromatic heterocycles. The van der Waals surface area contributed by atoms with Crippen LogP contribution >= 0.6 is 11.3 Å². The summed E-state index contributed by atoms with van der Waals surface area (Å²) in [4.78, 5) is 2.27. The van der Waals surface area contributed by atoms with E-state index in [0.717, 1.165) is 42.9 Å². The number of piperidine rings is 1. The molecule has 0 aliphatic carbocycles. The average molecular weight is 274 g/mol. The number of nitrogens with zero attached hydrogens (tertiary/aromatic N) is 1. The van der Waals surface area contributed by atoms with E-state index in [1.807, 2.05) is 35.7 Å². The Morgan fingerprint density at radius 3 is 2.37 bits per heavy atom. The Labute approximate surface area is 117 Å². The van der Waals surface area contributed by atoms with Crippen LogP contribution in [0.1, 0.15) is 18.4 Å². The molecule has 1 aliphatic rings. The summed E-state index contributed by atoms with van der Waals surface area (Å²) in [5, 5.41) is 14.8. The quantitative estimate of drug-likeness (QED) is 0.885. The van der Waals surface area contributed by atoms with Crippen LogP contribution in [-0.4, -0.2) is 18.2 Å². The van der Waals surface area contributed by atoms with Crippen molar-refractivity contribution >= 4 is 22.7 Å². The number of nitrogen functional groups attached to an aromatic ring is 1. The second kappa shape index (κ2) is 4.87. The monoisotopic (exact) mass is 274 g/mol. The van der Waals surface area contributed by atoms with Crippen molar-refractivity contribution in [2.75, 3.05) is 23.7 Å². The van der Waals surface area contributed by atoms with Crippen LogP contribution in [0, 0.1) is 0 Å². The third kappa shape index (κ3) is 2.33. The summed E-state index contributed by atoms with van der Waals surface area (Å²) in [6, 6.07) is 9.96. The Hall–Kier alpha value is -1.52. The molecule has 0 radical (unpaired) electrons. The summed E-state index contributed by atoms with van der Waals surface area (Å²) < 4.78 is 0. The second-order valence-electron chi connectivity index (χ2n) is 5.10. The molecule has 1 aromatic carbocycles. The van der Waals surface area contributed by atoms with Gasteiger partial charge < -0.3 is 15.7 Å². The molecule has 3 nitrogen and oxygen atoms in total. The molecule has 3 rings (SSSR count). The average Bonchev–Trinajstić information content (AvgIpc) is 2.87. The number of anilines is 2. The lowest BCUT2D eigenvalue weighted by Gasteiger charge is -2.39. The predicted octanol–water partition coefficient (Wildman–Crippen LogP) is 2.82. The normalized spacial score (nSPS) is 18.5. The SMILES string of the molecule is Nc1cscc1N1CCC(O)(c2ccccc2)CC1. The van der Waals surface area contributed by atoms with Crippen molar-refractivity contribution < 1.29 is 5.11 Å². The van der Waals surface area contributed by atoms with Gasteiger partial charge in [0, 0.05) is 23.8 Å². The van der Waals surface area contributed by atoms with Gasteiger partial charge in [0.2, 0.25) is 0 Å². The summed E-state index contributed by atoms with van der Waals surface area (Å²) in [5.41, 5.74) is 8.24. The lowest BCUT2D eigenvalue weighted by atomic mass is 9.84. The van der Waals surface area contributed by atoms with Gasteiger partial charge in [0.05, 0.1) is 17.0 Å². The molecular formula is C15H18N2OS. The molecule has 3 N–H and O–H groups in total. The standard InChI is InChI=1S/C15H18N2OS/c16-13-10-19-11-14(13)17-8-6-15(18,7-9-17)12-4-2-1-3-5-12/h1-5,10-11,18H,6-9,16H2. The zero-order chi connectivity index (χ0) is 13.3. The van der Waals surface area contributed by atoms with Gasteiger partial charge in [-0.1, -0.05) is 30.3 Å². The van der Waals surface area contributed by atoms with Gasteiger partial charge in [0.25, 0.3) is 0 Å². The number of nitrogens with two attached hydrogens (primary N) is 1. The molecule has 0 spiro atoms. The predicted molar refractivity (Wildman–Crippen MR) is 80.5 cm³/mol. The molecule has 1 fully saturated rings. The number of benzene rings is 1. The molecule has 0 bridgehead atoms. The largest absolute Gasteiger partial charge is 0.396 e. The third-order valence-electron chi connectivity index (χ3n) is 3.91. The molecule has 100 valence electrons. The van der Waals surface area contributed by atoms with E-state index in [9.17, 15) is 5.11 Å². The van der Waals surface area contributed by atoms with Crippen molar-refractivity contribution in [1.82, 2.24) is 0 Å². The highest BCUT2D eigenvalue weighted by Crippen LogP contribution is 2.36. The van der Waals surface area contributed by atoms with Crippen LogP contribution in [0.25, 0.3) is 0 Å². The van der Waals surface area contributed by atoms with E-state index in [-0.39, 0.29) is 0 Å². The summed E-state index contributed by atoms with van der Waals surface area (Å²) in [5.74, 6) is 0. The van der Waals surface area contributed by atoms with Gasteiger partial charge >= 0.3 is 0 Å². The second-order valence-corrected chi connectivity index (χ2v) is 5.84. The molecule has 4 heteroatoms. The first-order chi connectivity index (χ1) is 9.19. The van der Waals surface area contributed by atoms with Gasteiger partial charge in [-0.3, -0.25) is 0 Å². The van der Waals surface area contributed by atoms with Crippen molar-refractivity contribution in [2.24, 2.45) is 0 Å². The first-order valence-electron chi connectivity index (χ1n) is 6.53. The Morgan fingerprint density at radius 1 is 1.11 bits per heavy atom. The van der Waals surface area contributed by atoms with E-state index in [4.69, 9.17) is 5.73 Å². The van der Waals surface area contributed by atoms with E-state index in [1.54, 1.807) is 11.3 Å². The number of hydrogen-bond acceptors (Lipinski definition) is 4. The highest BCUT2D eigenvalue weighted by atomic mass is 32.1. The summed E-state index contributed by atoms with van der Waals surface area (Å²) in [7, 11) is 0. The van der Waals surface area contributed by atoms with Gasteiger partial charge in [-0.2, -0.15) is 0 Å². The maximum absolute atomic E-state index is 10.8. The fourth-order valence-corrected chi connectivity index (χ4v) is 3.46. The smallest absolute Gasteiger partial charge is 0.0930 e. The maximum atomic E-state index is 10.8. The summed E-state index contributed by atoms with van der Waals surface area (Å²) >= 11 is 1.63. The van der Waals surface area contributed by atoms with Crippen LogP contribution in [0.4, 0.5) is 11.4 Å². The van der Waals surface area contributed by atoms with Crippen LogP contribution in [-0.2, 0) is 5.60 Å². The van der Waals surface area contributed by atoms with Crippen LogP contribution < -0.4 is 10.6 Å². The molecule has 2 heterocycles. The van der Waals surface area contributed by atoms with E-state index in [0.29, 0.717) is 0 Å². The lowest BCUT2D eigenvalue weighted by Crippen LogP contribution is -2.42. The highest BCUT2D eigenvalue weighted by Gasteiger charge is 2.34. The van der Waals surface area contributed by atoms with Crippen molar-refractivity contribution in [3.63, 3.8) is 0 Å². The third-order valence-corrected chi connectivity index (χ3v) is 4.66. The molecule has 1 saturated heterocycles. The first kappa shape index (κ1) is 12.5. The molecule has 0 unspecified atom stereocenters. The van der Waals surface area contributed by atoms with Crippen LogP contribution in [0.3, 0.4) is 0 Å². The maximum Gasteiger partial charge on any atom is 0.0930 e. The Bertz CT molecular complexity index is 544. The zero-order valence-electron chi connectivity index (χ0n) is 10.7. The fourth-order valence-electron chi connectivity index (χ4n) is 2.71.